The average molecular weight is 304 g/mol. The molecule has 0 amide bonds. The molecule has 0 radical (unpaired) electrons. The zero-order valence-electron chi connectivity index (χ0n) is 11.8. The Bertz CT molecular complexity index is 623. The second-order valence-electron chi connectivity index (χ2n) is 5.17. The van der Waals surface area contributed by atoms with Gasteiger partial charge in [-0.15, -0.1) is 5.10 Å². The summed E-state index contributed by atoms with van der Waals surface area (Å²) < 4.78 is 7.50. The van der Waals surface area contributed by atoms with Crippen LogP contribution in [0, 0.1) is 0 Å². The molecule has 1 aromatic heterocycles. The summed E-state index contributed by atoms with van der Waals surface area (Å²) in [6.45, 7) is 1.19. The number of rotatable bonds is 5. The molecule has 4 nitrogen and oxygen atoms in total. The van der Waals surface area contributed by atoms with Crippen LogP contribution in [0.1, 0.15) is 30.9 Å². The Morgan fingerprint density at radius 1 is 1.29 bits per heavy atom. The first kappa shape index (κ1) is 14.1. The van der Waals surface area contributed by atoms with Crippen molar-refractivity contribution in [1.82, 2.24) is 15.0 Å². The fraction of sp³-hybridized carbons (Fsp3) is 0.375. The van der Waals surface area contributed by atoms with Crippen molar-refractivity contribution in [3.05, 3.63) is 53.3 Å². The first-order chi connectivity index (χ1) is 10.3. The molecule has 1 aliphatic rings. The summed E-state index contributed by atoms with van der Waals surface area (Å²) in [4.78, 5) is 0. The molecule has 0 bridgehead atoms. The molecular weight excluding hydrogens is 286 g/mol. The van der Waals surface area contributed by atoms with Crippen molar-refractivity contribution in [2.45, 2.75) is 31.7 Å². The molecule has 1 atom stereocenters. The number of nitrogens with zero attached hydrogens (tertiary/aromatic N) is 3. The summed E-state index contributed by atoms with van der Waals surface area (Å²) in [5.74, 6) is 1.21. The summed E-state index contributed by atoms with van der Waals surface area (Å²) >= 11 is 6.05. The number of allylic oxidation sites excluding steroid dienone is 2. The molecule has 1 aliphatic carbocycles. The maximum Gasteiger partial charge on any atom is 0.137 e. The smallest absolute Gasteiger partial charge is 0.137 e. The maximum absolute atomic E-state index is 6.05. The second-order valence-corrected chi connectivity index (χ2v) is 5.57. The van der Waals surface area contributed by atoms with E-state index in [0.29, 0.717) is 29.8 Å². The Labute approximate surface area is 129 Å². The highest BCUT2D eigenvalue weighted by molar-refractivity contribution is 6.32. The average Bonchev–Trinajstić information content (AvgIpc) is 2.99. The van der Waals surface area contributed by atoms with E-state index in [-0.39, 0.29) is 0 Å². The first-order valence-corrected chi connectivity index (χ1v) is 7.63. The van der Waals surface area contributed by atoms with Gasteiger partial charge in [0.2, 0.25) is 0 Å². The van der Waals surface area contributed by atoms with E-state index < -0.39 is 0 Å². The lowest BCUT2D eigenvalue weighted by Gasteiger charge is -2.13. The fourth-order valence-electron chi connectivity index (χ4n) is 2.48. The topological polar surface area (TPSA) is 39.9 Å². The highest BCUT2D eigenvalue weighted by atomic mass is 35.5. The molecule has 0 spiro atoms. The molecule has 1 heterocycles. The fourth-order valence-corrected chi connectivity index (χ4v) is 2.67. The number of hydrogen-bond acceptors (Lipinski definition) is 3. The Balaban J connectivity index is 1.53. The third-order valence-corrected chi connectivity index (χ3v) is 3.97. The summed E-state index contributed by atoms with van der Waals surface area (Å²) in [6, 6.07) is 7.48. The van der Waals surface area contributed by atoms with Crippen LogP contribution in [-0.4, -0.2) is 21.6 Å². The molecule has 0 fully saturated rings. The summed E-state index contributed by atoms with van der Waals surface area (Å²) in [5.41, 5.74) is 1.08. The lowest BCUT2D eigenvalue weighted by Crippen LogP contribution is -2.09. The van der Waals surface area contributed by atoms with Gasteiger partial charge in [-0.05, 0) is 31.4 Å². The van der Waals surface area contributed by atoms with Gasteiger partial charge in [-0.3, -0.25) is 0 Å². The minimum atomic E-state index is 0.508. The van der Waals surface area contributed by atoms with E-state index in [4.69, 9.17) is 16.3 Å². The van der Waals surface area contributed by atoms with Crippen molar-refractivity contribution in [1.29, 1.82) is 0 Å². The van der Waals surface area contributed by atoms with Gasteiger partial charge in [0.15, 0.2) is 0 Å². The molecule has 5 heteroatoms. The third-order valence-electron chi connectivity index (χ3n) is 3.66. The molecule has 0 aliphatic heterocycles. The van der Waals surface area contributed by atoms with Gasteiger partial charge in [-0.1, -0.05) is 41.1 Å². The van der Waals surface area contributed by atoms with Crippen LogP contribution in [0.4, 0.5) is 0 Å². The number of ether oxygens (including phenoxy) is 1. The third kappa shape index (κ3) is 3.64. The predicted molar refractivity (Wildman–Crippen MR) is 82.7 cm³/mol. The summed E-state index contributed by atoms with van der Waals surface area (Å²) in [6.07, 6.45) is 9.85. The van der Waals surface area contributed by atoms with Crippen molar-refractivity contribution < 1.29 is 4.74 Å². The van der Waals surface area contributed by atoms with Gasteiger partial charge in [-0.2, -0.15) is 0 Å². The number of hydrogen-bond donors (Lipinski definition) is 0. The Morgan fingerprint density at radius 3 is 3.00 bits per heavy atom. The number of aromatic nitrogens is 3. The van der Waals surface area contributed by atoms with Crippen LogP contribution in [0.3, 0.4) is 0 Å². The van der Waals surface area contributed by atoms with Crippen LogP contribution in [0.15, 0.2) is 42.6 Å². The SMILES string of the molecule is Clc1ccccc1OCCn1cc(C2CC=CCC2)nn1. The van der Waals surface area contributed by atoms with Gasteiger partial charge in [0.1, 0.15) is 12.4 Å². The van der Waals surface area contributed by atoms with Crippen molar-refractivity contribution in [2.24, 2.45) is 0 Å². The normalized spacial score (nSPS) is 17.9. The first-order valence-electron chi connectivity index (χ1n) is 7.25. The van der Waals surface area contributed by atoms with E-state index >= 15 is 0 Å². The molecule has 0 saturated heterocycles. The Morgan fingerprint density at radius 2 is 2.19 bits per heavy atom. The van der Waals surface area contributed by atoms with E-state index in [0.717, 1.165) is 25.0 Å². The molecule has 0 N–H and O–H groups in total. The Kier molecular flexibility index (Phi) is 4.55. The number of benzene rings is 1. The van der Waals surface area contributed by atoms with Gasteiger partial charge in [0.25, 0.3) is 0 Å². The molecule has 0 saturated carbocycles. The monoisotopic (exact) mass is 303 g/mol. The van der Waals surface area contributed by atoms with E-state index in [1.165, 1.54) is 0 Å². The highest BCUT2D eigenvalue weighted by Crippen LogP contribution is 2.27. The summed E-state index contributed by atoms with van der Waals surface area (Å²) in [5, 5.41) is 9.09. The van der Waals surface area contributed by atoms with Crippen molar-refractivity contribution in [3.8, 4) is 5.75 Å². The zero-order valence-corrected chi connectivity index (χ0v) is 12.5. The van der Waals surface area contributed by atoms with Gasteiger partial charge in [0, 0.05) is 12.1 Å². The second kappa shape index (κ2) is 6.76. The maximum atomic E-state index is 6.05. The standard InChI is InChI=1S/C16H18ClN3O/c17-14-8-4-5-9-16(14)21-11-10-20-12-15(18-19-20)13-6-2-1-3-7-13/h1-2,4-5,8-9,12-13H,3,6-7,10-11H2. The lowest BCUT2D eigenvalue weighted by molar-refractivity contribution is 0.290. The predicted octanol–water partition coefficient (Wildman–Crippen LogP) is 3.83. The molecule has 1 aromatic carbocycles. The van der Waals surface area contributed by atoms with E-state index in [2.05, 4.69) is 22.5 Å². The van der Waals surface area contributed by atoms with Crippen molar-refractivity contribution in [2.75, 3.05) is 6.61 Å². The van der Waals surface area contributed by atoms with E-state index in [9.17, 15) is 0 Å². The van der Waals surface area contributed by atoms with Crippen LogP contribution in [0.5, 0.6) is 5.75 Å². The minimum absolute atomic E-state index is 0.508. The molecule has 3 rings (SSSR count). The van der Waals surface area contributed by atoms with E-state index in [1.807, 2.05) is 35.1 Å². The Hall–Kier alpha value is -1.81. The molecular formula is C16H18ClN3O. The number of para-hydroxylation sites is 1. The largest absolute Gasteiger partial charge is 0.490 e. The van der Waals surface area contributed by atoms with Crippen LogP contribution >= 0.6 is 11.6 Å². The molecule has 21 heavy (non-hydrogen) atoms. The van der Waals surface area contributed by atoms with Crippen LogP contribution in [0.2, 0.25) is 5.02 Å². The van der Waals surface area contributed by atoms with Gasteiger partial charge < -0.3 is 4.74 Å². The van der Waals surface area contributed by atoms with Gasteiger partial charge in [-0.25, -0.2) is 4.68 Å². The van der Waals surface area contributed by atoms with Crippen molar-refractivity contribution >= 4 is 11.6 Å². The van der Waals surface area contributed by atoms with Crippen LogP contribution in [-0.2, 0) is 6.54 Å². The molecule has 2 aromatic rings. The van der Waals surface area contributed by atoms with Crippen LogP contribution in [0.25, 0.3) is 0 Å². The van der Waals surface area contributed by atoms with E-state index in [1.54, 1.807) is 0 Å². The molecule has 110 valence electrons. The van der Waals surface area contributed by atoms with Gasteiger partial charge >= 0.3 is 0 Å². The zero-order chi connectivity index (χ0) is 14.5. The lowest BCUT2D eigenvalue weighted by atomic mass is 9.92. The summed E-state index contributed by atoms with van der Waals surface area (Å²) in [7, 11) is 0. The number of halogens is 1. The molecule has 1 unspecified atom stereocenters. The van der Waals surface area contributed by atoms with Crippen molar-refractivity contribution in [3.63, 3.8) is 0 Å². The van der Waals surface area contributed by atoms with Gasteiger partial charge in [0.05, 0.1) is 17.3 Å². The quantitative estimate of drug-likeness (QED) is 0.788. The van der Waals surface area contributed by atoms with Crippen LogP contribution < -0.4 is 4.74 Å². The highest BCUT2D eigenvalue weighted by Gasteiger charge is 2.15. The minimum Gasteiger partial charge on any atom is -0.490 e.